The lowest BCUT2D eigenvalue weighted by atomic mass is 9.83. The molecule has 0 saturated carbocycles. The standard InChI is InChI=1S/C59H53N5/c1-3-14-38(15-4-1)42-21-13-22-45(34-42)59-61-57(40-17-5-2-6-18-40)60-58(62-59)41-26-29-46(30-27-41)63-54-36-44-20-8-7-19-43(44)35-51(54)49-32-31-47(37-55(49)63)64-52-25-12-11-24-50(52)56-48-23-10-9-16-39(48)28-33-53(56)64/h1-10,12-23,25-27,29,31-32,35-36,45-47,49,55,57,59,61H,11,24,28,30,33-34,37H2,(H,60,62). The second-order valence-corrected chi connectivity index (χ2v) is 18.8. The molecule has 2 aliphatic heterocycles. The van der Waals surface area contributed by atoms with E-state index in [0.29, 0.717) is 18.0 Å². The Labute approximate surface area is 376 Å². The molecule has 0 fully saturated rings. The number of hydrogen-bond donors (Lipinski definition) is 2. The molecule has 5 aromatic carbocycles. The normalized spacial score (nSPS) is 26.2. The highest BCUT2D eigenvalue weighted by Gasteiger charge is 2.44. The van der Waals surface area contributed by atoms with Gasteiger partial charge in [0, 0.05) is 46.1 Å². The van der Waals surface area contributed by atoms with Gasteiger partial charge in [-0.3, -0.25) is 5.32 Å². The molecular weight excluding hydrogens is 779 g/mol. The van der Waals surface area contributed by atoms with Crippen molar-refractivity contribution in [2.24, 2.45) is 10.9 Å². The average molecular weight is 832 g/mol. The molecule has 0 spiro atoms. The number of aliphatic imine (C=N–C) groups is 1. The SMILES string of the molecule is C1=CC(C2NC(C3=CCC(N4c5cc6ccccc6cc5C5C=CC(n6c7c(c8c6CCc6ccccc6-8)CCC=C7)CC54)C=C3)=NC(c3ccccc3)N2)CC(c2ccccc2)=C1. The lowest BCUT2D eigenvalue weighted by molar-refractivity contribution is 0.330. The summed E-state index contributed by atoms with van der Waals surface area (Å²) in [5.41, 5.74) is 16.9. The van der Waals surface area contributed by atoms with Crippen LogP contribution in [-0.2, 0) is 19.3 Å². The fraction of sp³-hybridized carbons (Fsp3) is 0.237. The van der Waals surface area contributed by atoms with Gasteiger partial charge in [0.25, 0.3) is 0 Å². The van der Waals surface area contributed by atoms with Crippen LogP contribution in [0.4, 0.5) is 5.69 Å². The first-order valence-electron chi connectivity index (χ1n) is 23.7. The van der Waals surface area contributed by atoms with E-state index in [4.69, 9.17) is 4.99 Å². The molecule has 2 N–H and O–H groups in total. The van der Waals surface area contributed by atoms with Gasteiger partial charge in [0.05, 0.1) is 18.2 Å². The number of fused-ring (bicyclic) bond motifs is 9. The topological polar surface area (TPSA) is 44.6 Å². The van der Waals surface area contributed by atoms with Crippen molar-refractivity contribution in [1.29, 1.82) is 0 Å². The lowest BCUT2D eigenvalue weighted by Crippen LogP contribution is -2.55. The van der Waals surface area contributed by atoms with Gasteiger partial charge in [-0.1, -0.05) is 164 Å². The van der Waals surface area contributed by atoms with E-state index in [1.807, 2.05) is 0 Å². The van der Waals surface area contributed by atoms with Crippen LogP contribution in [0.25, 0.3) is 33.5 Å². The van der Waals surface area contributed by atoms with E-state index in [1.54, 1.807) is 11.3 Å². The Balaban J connectivity index is 0.832. The highest BCUT2D eigenvalue weighted by Crippen LogP contribution is 2.52. The van der Waals surface area contributed by atoms with E-state index in [9.17, 15) is 0 Å². The number of aryl methyl sites for hydroxylation is 1. The fourth-order valence-electron chi connectivity index (χ4n) is 12.3. The third-order valence-electron chi connectivity index (χ3n) is 15.3. The Kier molecular flexibility index (Phi) is 9.18. The van der Waals surface area contributed by atoms with Gasteiger partial charge in [-0.15, -0.1) is 0 Å². The number of amidine groups is 1. The maximum atomic E-state index is 5.38. The molecule has 0 radical (unpaired) electrons. The number of aromatic nitrogens is 1. The summed E-state index contributed by atoms with van der Waals surface area (Å²) in [6, 6.07) is 45.5. The lowest BCUT2D eigenvalue weighted by Gasteiger charge is -2.40. The summed E-state index contributed by atoms with van der Waals surface area (Å²) in [4.78, 5) is 8.20. The predicted molar refractivity (Wildman–Crippen MR) is 264 cm³/mol. The van der Waals surface area contributed by atoms with Gasteiger partial charge < -0.3 is 14.8 Å². The summed E-state index contributed by atoms with van der Waals surface area (Å²) >= 11 is 0. The van der Waals surface area contributed by atoms with Gasteiger partial charge in [0.2, 0.25) is 0 Å². The quantitative estimate of drug-likeness (QED) is 0.164. The molecule has 3 heterocycles. The number of nitrogens with zero attached hydrogens (tertiary/aromatic N) is 3. The number of benzene rings is 5. The minimum atomic E-state index is -0.145. The van der Waals surface area contributed by atoms with E-state index in [2.05, 4.69) is 202 Å². The fourth-order valence-corrected chi connectivity index (χ4v) is 12.3. The van der Waals surface area contributed by atoms with Crippen LogP contribution in [0.2, 0.25) is 0 Å². The molecule has 5 aliphatic carbocycles. The number of nitrogens with one attached hydrogen (secondary N) is 2. The van der Waals surface area contributed by atoms with E-state index in [1.165, 1.54) is 66.7 Å². The second-order valence-electron chi connectivity index (χ2n) is 18.8. The molecule has 1 aromatic heterocycles. The van der Waals surface area contributed by atoms with Gasteiger partial charge in [-0.05, 0) is 113 Å². The largest absolute Gasteiger partial charge is 0.360 e. The van der Waals surface area contributed by atoms with Crippen LogP contribution in [-0.4, -0.2) is 28.7 Å². The van der Waals surface area contributed by atoms with Crippen LogP contribution < -0.4 is 15.5 Å². The van der Waals surface area contributed by atoms with Gasteiger partial charge in [0.1, 0.15) is 12.0 Å². The Morgan fingerprint density at radius 3 is 2.39 bits per heavy atom. The Morgan fingerprint density at radius 2 is 1.53 bits per heavy atom. The minimum absolute atomic E-state index is 0.0207. The van der Waals surface area contributed by atoms with Crippen LogP contribution in [0.5, 0.6) is 0 Å². The third-order valence-corrected chi connectivity index (χ3v) is 15.3. The molecule has 7 atom stereocenters. The zero-order valence-corrected chi connectivity index (χ0v) is 36.2. The van der Waals surface area contributed by atoms with E-state index < -0.39 is 0 Å². The molecule has 5 nitrogen and oxygen atoms in total. The maximum absolute atomic E-state index is 5.38. The average Bonchev–Trinajstić information content (AvgIpc) is 3.88. The summed E-state index contributed by atoms with van der Waals surface area (Å²) < 4.78 is 2.77. The van der Waals surface area contributed by atoms with E-state index in [0.717, 1.165) is 50.8 Å². The smallest absolute Gasteiger partial charge is 0.131 e. The highest BCUT2D eigenvalue weighted by molar-refractivity contribution is 6.02. The van der Waals surface area contributed by atoms with Crippen molar-refractivity contribution >= 4 is 33.9 Å². The Hall–Kier alpha value is -6.69. The summed E-state index contributed by atoms with van der Waals surface area (Å²) in [5, 5.41) is 10.5. The third kappa shape index (κ3) is 6.35. The van der Waals surface area contributed by atoms with Crippen LogP contribution in [0.3, 0.4) is 0 Å². The van der Waals surface area contributed by atoms with Gasteiger partial charge >= 0.3 is 0 Å². The maximum Gasteiger partial charge on any atom is 0.131 e. The number of anilines is 1. The molecule has 6 aromatic rings. The van der Waals surface area contributed by atoms with E-state index in [-0.39, 0.29) is 24.3 Å². The van der Waals surface area contributed by atoms with Crippen LogP contribution in [0, 0.1) is 5.92 Å². The van der Waals surface area contributed by atoms with Crippen LogP contribution in [0.15, 0.2) is 187 Å². The number of hydrogen-bond acceptors (Lipinski definition) is 4. The van der Waals surface area contributed by atoms with Crippen molar-refractivity contribution < 1.29 is 0 Å². The molecule has 0 amide bonds. The molecule has 7 aliphatic rings. The first-order chi connectivity index (χ1) is 31.7. The highest BCUT2D eigenvalue weighted by atomic mass is 15.3. The van der Waals surface area contributed by atoms with Crippen molar-refractivity contribution in [2.45, 2.75) is 81.3 Å². The van der Waals surface area contributed by atoms with Gasteiger partial charge in [-0.2, -0.15) is 0 Å². The second kappa shape index (κ2) is 15.5. The number of allylic oxidation sites excluding steroid dienone is 5. The molecule has 0 saturated heterocycles. The van der Waals surface area contributed by atoms with Crippen molar-refractivity contribution in [3.8, 4) is 11.1 Å². The molecular formula is C59H53N5. The van der Waals surface area contributed by atoms with Crippen molar-refractivity contribution in [2.75, 3.05) is 4.90 Å². The summed E-state index contributed by atoms with van der Waals surface area (Å²) in [6.07, 6.45) is 31.4. The molecule has 314 valence electrons. The summed E-state index contributed by atoms with van der Waals surface area (Å²) in [6.45, 7) is 0. The van der Waals surface area contributed by atoms with Crippen LogP contribution >= 0.6 is 0 Å². The Morgan fingerprint density at radius 1 is 0.719 bits per heavy atom. The first-order valence-corrected chi connectivity index (χ1v) is 23.7. The molecule has 5 heteroatoms. The summed E-state index contributed by atoms with van der Waals surface area (Å²) in [5.74, 6) is 1.58. The van der Waals surface area contributed by atoms with E-state index >= 15 is 0 Å². The van der Waals surface area contributed by atoms with Gasteiger partial charge in [0.15, 0.2) is 0 Å². The number of rotatable bonds is 6. The molecule has 7 unspecified atom stereocenters. The van der Waals surface area contributed by atoms with Crippen LogP contribution in [0.1, 0.15) is 83.0 Å². The minimum Gasteiger partial charge on any atom is -0.360 e. The van der Waals surface area contributed by atoms with Crippen molar-refractivity contribution in [3.05, 3.63) is 221 Å². The predicted octanol–water partition coefficient (Wildman–Crippen LogP) is 12.4. The monoisotopic (exact) mass is 831 g/mol. The Bertz CT molecular complexity index is 3030. The first kappa shape index (κ1) is 37.8. The molecule has 64 heavy (non-hydrogen) atoms. The molecule has 0 bridgehead atoms. The van der Waals surface area contributed by atoms with Crippen molar-refractivity contribution in [3.63, 3.8) is 0 Å². The molecule has 13 rings (SSSR count). The van der Waals surface area contributed by atoms with Crippen molar-refractivity contribution in [1.82, 2.24) is 15.2 Å². The summed E-state index contributed by atoms with van der Waals surface area (Å²) in [7, 11) is 0. The zero-order chi connectivity index (χ0) is 42.1. The zero-order valence-electron chi connectivity index (χ0n) is 36.2. The van der Waals surface area contributed by atoms with Gasteiger partial charge in [-0.25, -0.2) is 4.99 Å².